The quantitative estimate of drug-likeness (QED) is 0.763. The van der Waals surface area contributed by atoms with Gasteiger partial charge in [0.05, 0.1) is 12.5 Å². The molecule has 0 saturated carbocycles. The molecule has 0 aliphatic heterocycles. The maximum absolute atomic E-state index is 10.9. The third-order valence-corrected chi connectivity index (χ3v) is 2.55. The number of benzene rings is 1. The lowest BCUT2D eigenvalue weighted by atomic mass is 10.1. The van der Waals surface area contributed by atoms with E-state index in [0.717, 1.165) is 11.6 Å². The fourth-order valence-corrected chi connectivity index (χ4v) is 1.39. The van der Waals surface area contributed by atoms with Crippen molar-refractivity contribution < 1.29 is 19.4 Å². The van der Waals surface area contributed by atoms with Crippen LogP contribution in [0.4, 0.5) is 0 Å². The van der Waals surface area contributed by atoms with E-state index in [2.05, 4.69) is 0 Å². The monoisotopic (exact) mass is 263 g/mol. The second kappa shape index (κ2) is 6.58. The molecule has 5 heteroatoms. The highest BCUT2D eigenvalue weighted by molar-refractivity contribution is 5.86. The Morgan fingerprint density at radius 2 is 2.16 bits per heavy atom. The minimum absolute atomic E-state index is 0.159. The lowest BCUT2D eigenvalue weighted by molar-refractivity contribution is -0.131. The molecular weight excluding hydrogens is 246 g/mol. The normalized spacial score (nSPS) is 12.3. The van der Waals surface area contributed by atoms with Gasteiger partial charge in [-0.3, -0.25) is 4.79 Å². The number of aryl methyl sites for hydroxylation is 1. The first-order valence-electron chi connectivity index (χ1n) is 5.84. The standard InChI is InChI=1S/C14H17NO4/c1-9-3-5-12(19-8-10(2)14(15)18)11(7-9)4-6-13(16)17/h3-7,10H,8H2,1-2H3,(H2,15,18)(H,16,17)/b6-4+. The summed E-state index contributed by atoms with van der Waals surface area (Å²) >= 11 is 0. The van der Waals surface area contributed by atoms with Crippen molar-refractivity contribution in [2.75, 3.05) is 6.61 Å². The van der Waals surface area contributed by atoms with E-state index in [1.165, 1.54) is 6.08 Å². The molecule has 102 valence electrons. The molecule has 3 N–H and O–H groups in total. The molecule has 0 saturated heterocycles. The van der Waals surface area contributed by atoms with Crippen molar-refractivity contribution in [3.63, 3.8) is 0 Å². The second-order valence-electron chi connectivity index (χ2n) is 4.33. The Balaban J connectivity index is 2.87. The zero-order valence-corrected chi connectivity index (χ0v) is 10.9. The molecule has 1 unspecified atom stereocenters. The molecule has 1 amide bonds. The number of primary amides is 1. The Morgan fingerprint density at radius 1 is 1.47 bits per heavy atom. The van der Waals surface area contributed by atoms with Crippen LogP contribution < -0.4 is 10.5 Å². The largest absolute Gasteiger partial charge is 0.492 e. The number of carbonyl (C=O) groups excluding carboxylic acids is 1. The van der Waals surface area contributed by atoms with E-state index in [9.17, 15) is 9.59 Å². The summed E-state index contributed by atoms with van der Waals surface area (Å²) < 4.78 is 5.50. The van der Waals surface area contributed by atoms with Gasteiger partial charge >= 0.3 is 5.97 Å². The van der Waals surface area contributed by atoms with Crippen molar-refractivity contribution in [2.45, 2.75) is 13.8 Å². The van der Waals surface area contributed by atoms with Crippen LogP contribution in [-0.2, 0) is 9.59 Å². The molecule has 0 aromatic heterocycles. The van der Waals surface area contributed by atoms with E-state index in [1.807, 2.05) is 19.1 Å². The van der Waals surface area contributed by atoms with Gasteiger partial charge in [-0.05, 0) is 25.1 Å². The summed E-state index contributed by atoms with van der Waals surface area (Å²) in [5.74, 6) is -1.35. The van der Waals surface area contributed by atoms with Crippen molar-refractivity contribution in [3.05, 3.63) is 35.4 Å². The Hall–Kier alpha value is -2.30. The van der Waals surface area contributed by atoms with Crippen LogP contribution in [0.25, 0.3) is 6.08 Å². The average Bonchev–Trinajstić information content (AvgIpc) is 2.34. The zero-order valence-electron chi connectivity index (χ0n) is 10.9. The van der Waals surface area contributed by atoms with Gasteiger partial charge in [0.25, 0.3) is 0 Å². The van der Waals surface area contributed by atoms with Gasteiger partial charge in [0.15, 0.2) is 0 Å². The number of amides is 1. The Kier molecular flexibility index (Phi) is 5.11. The lowest BCUT2D eigenvalue weighted by Gasteiger charge is -2.12. The van der Waals surface area contributed by atoms with Gasteiger partial charge in [-0.25, -0.2) is 4.79 Å². The van der Waals surface area contributed by atoms with Gasteiger partial charge in [0, 0.05) is 11.6 Å². The fourth-order valence-electron chi connectivity index (χ4n) is 1.39. The first-order valence-corrected chi connectivity index (χ1v) is 5.84. The number of aliphatic carboxylic acids is 1. The molecular formula is C14H17NO4. The lowest BCUT2D eigenvalue weighted by Crippen LogP contribution is -2.25. The van der Waals surface area contributed by atoms with Crippen molar-refractivity contribution in [3.8, 4) is 5.75 Å². The highest BCUT2D eigenvalue weighted by Crippen LogP contribution is 2.22. The predicted molar refractivity (Wildman–Crippen MR) is 71.7 cm³/mol. The third-order valence-electron chi connectivity index (χ3n) is 2.55. The van der Waals surface area contributed by atoms with E-state index in [-0.39, 0.29) is 6.61 Å². The van der Waals surface area contributed by atoms with E-state index in [0.29, 0.717) is 11.3 Å². The van der Waals surface area contributed by atoms with E-state index < -0.39 is 17.8 Å². The highest BCUT2D eigenvalue weighted by Gasteiger charge is 2.10. The number of carbonyl (C=O) groups is 2. The molecule has 0 heterocycles. The molecule has 0 bridgehead atoms. The number of carboxylic acids is 1. The average molecular weight is 263 g/mol. The van der Waals surface area contributed by atoms with Crippen LogP contribution in [0, 0.1) is 12.8 Å². The second-order valence-corrected chi connectivity index (χ2v) is 4.33. The number of rotatable bonds is 6. The molecule has 0 aliphatic rings. The maximum atomic E-state index is 10.9. The van der Waals surface area contributed by atoms with Crippen molar-refractivity contribution in [1.82, 2.24) is 0 Å². The SMILES string of the molecule is Cc1ccc(OCC(C)C(N)=O)c(/C=C/C(=O)O)c1. The van der Waals surface area contributed by atoms with Gasteiger partial charge < -0.3 is 15.6 Å². The summed E-state index contributed by atoms with van der Waals surface area (Å²) in [6.07, 6.45) is 2.50. The summed E-state index contributed by atoms with van der Waals surface area (Å²) in [4.78, 5) is 21.5. The Bertz CT molecular complexity index is 508. The summed E-state index contributed by atoms with van der Waals surface area (Å²) in [5, 5.41) is 8.64. The zero-order chi connectivity index (χ0) is 14.4. The summed E-state index contributed by atoms with van der Waals surface area (Å²) in [7, 11) is 0. The van der Waals surface area contributed by atoms with Gasteiger partial charge in [-0.2, -0.15) is 0 Å². The molecule has 0 fully saturated rings. The Labute approximate surface area is 111 Å². The summed E-state index contributed by atoms with van der Waals surface area (Å²) in [6.45, 7) is 3.73. The molecule has 0 spiro atoms. The molecule has 1 rings (SSSR count). The van der Waals surface area contributed by atoms with E-state index in [1.54, 1.807) is 13.0 Å². The van der Waals surface area contributed by atoms with Crippen LogP contribution in [-0.4, -0.2) is 23.6 Å². The Morgan fingerprint density at radius 3 is 2.74 bits per heavy atom. The van der Waals surface area contributed by atoms with Crippen molar-refractivity contribution >= 4 is 18.0 Å². The van der Waals surface area contributed by atoms with Crippen molar-refractivity contribution in [2.24, 2.45) is 11.7 Å². The minimum atomic E-state index is -1.03. The van der Waals surface area contributed by atoms with Crippen molar-refractivity contribution in [1.29, 1.82) is 0 Å². The van der Waals surface area contributed by atoms with Crippen LogP contribution in [0.5, 0.6) is 5.75 Å². The van der Waals surface area contributed by atoms with Crippen LogP contribution >= 0.6 is 0 Å². The number of nitrogens with two attached hydrogens (primary N) is 1. The van der Waals surface area contributed by atoms with Gasteiger partial charge in [0.2, 0.25) is 5.91 Å². The molecule has 0 aliphatic carbocycles. The molecule has 19 heavy (non-hydrogen) atoms. The molecule has 1 aromatic rings. The highest BCUT2D eigenvalue weighted by atomic mass is 16.5. The number of ether oxygens (including phenoxy) is 1. The van der Waals surface area contributed by atoms with Crippen LogP contribution in [0.3, 0.4) is 0 Å². The molecule has 5 nitrogen and oxygen atoms in total. The third kappa shape index (κ3) is 4.83. The van der Waals surface area contributed by atoms with Gasteiger partial charge in [0.1, 0.15) is 5.75 Å². The topological polar surface area (TPSA) is 89.6 Å². The fraction of sp³-hybridized carbons (Fsp3) is 0.286. The van der Waals surface area contributed by atoms with Crippen LogP contribution in [0.15, 0.2) is 24.3 Å². The van der Waals surface area contributed by atoms with Crippen LogP contribution in [0.2, 0.25) is 0 Å². The summed E-state index contributed by atoms with van der Waals surface area (Å²) in [6, 6.07) is 5.40. The first kappa shape index (κ1) is 14.8. The minimum Gasteiger partial charge on any atom is -0.492 e. The van der Waals surface area contributed by atoms with E-state index in [4.69, 9.17) is 15.6 Å². The number of carboxylic acid groups (broad SMARTS) is 1. The predicted octanol–water partition coefficient (Wildman–Crippen LogP) is 1.59. The van der Waals surface area contributed by atoms with Gasteiger partial charge in [-0.1, -0.05) is 18.6 Å². The first-order chi connectivity index (χ1) is 8.90. The van der Waals surface area contributed by atoms with E-state index >= 15 is 0 Å². The number of hydrogen-bond acceptors (Lipinski definition) is 3. The van der Waals surface area contributed by atoms with Gasteiger partial charge in [-0.15, -0.1) is 0 Å². The molecule has 1 atom stereocenters. The maximum Gasteiger partial charge on any atom is 0.328 e. The number of hydrogen-bond donors (Lipinski definition) is 2. The van der Waals surface area contributed by atoms with Crippen LogP contribution in [0.1, 0.15) is 18.1 Å². The summed E-state index contributed by atoms with van der Waals surface area (Å²) in [5.41, 5.74) is 6.79. The molecule has 0 radical (unpaired) electrons. The molecule has 1 aromatic carbocycles. The smallest absolute Gasteiger partial charge is 0.328 e.